The molecule has 31 heavy (non-hydrogen) atoms. The maximum atomic E-state index is 12.2. The van der Waals surface area contributed by atoms with E-state index in [9.17, 15) is 13.2 Å². The Morgan fingerprint density at radius 2 is 1.77 bits per heavy atom. The molecule has 0 radical (unpaired) electrons. The Kier molecular flexibility index (Phi) is 7.47. The van der Waals surface area contributed by atoms with E-state index < -0.39 is 15.4 Å². The van der Waals surface area contributed by atoms with Gasteiger partial charge < -0.3 is 14.4 Å². The second-order valence-corrected chi connectivity index (χ2v) is 11.6. The van der Waals surface area contributed by atoms with Gasteiger partial charge in [0.05, 0.1) is 11.5 Å². The van der Waals surface area contributed by atoms with E-state index in [1.54, 1.807) is 4.90 Å². The van der Waals surface area contributed by atoms with Crippen molar-refractivity contribution in [1.29, 1.82) is 0 Å². The first kappa shape index (κ1) is 23.8. The Bertz CT molecular complexity index is 852. The van der Waals surface area contributed by atoms with Crippen molar-refractivity contribution in [3.8, 4) is 5.88 Å². The number of piperazine rings is 1. The second kappa shape index (κ2) is 9.73. The number of aromatic nitrogens is 1. The maximum Gasteiger partial charge on any atom is 0.410 e. The number of hydrogen-bond acceptors (Lipinski definition) is 7. The van der Waals surface area contributed by atoms with Crippen LogP contribution in [-0.4, -0.2) is 80.0 Å². The van der Waals surface area contributed by atoms with E-state index in [4.69, 9.17) is 9.47 Å². The number of hydrogen-bond donors (Lipinski definition) is 0. The normalized spacial score (nSPS) is 23.4. The van der Waals surface area contributed by atoms with Crippen LogP contribution in [0.5, 0.6) is 5.88 Å². The molecule has 0 aromatic carbocycles. The molecule has 1 saturated heterocycles. The number of carbonyl (C=O) groups excluding carboxylic acids is 1. The minimum Gasteiger partial charge on any atom is -0.477 e. The van der Waals surface area contributed by atoms with Crippen LogP contribution in [0.25, 0.3) is 0 Å². The van der Waals surface area contributed by atoms with E-state index in [1.807, 2.05) is 20.8 Å². The molecule has 174 valence electrons. The van der Waals surface area contributed by atoms with Gasteiger partial charge in [-0.25, -0.2) is 18.2 Å². The van der Waals surface area contributed by atoms with Crippen molar-refractivity contribution in [1.82, 2.24) is 14.8 Å². The summed E-state index contributed by atoms with van der Waals surface area (Å²) in [6.45, 7) is 9.41. The Hall–Kier alpha value is -1.87. The van der Waals surface area contributed by atoms with E-state index in [2.05, 4.69) is 9.88 Å². The minimum absolute atomic E-state index is 0.221. The van der Waals surface area contributed by atoms with Gasteiger partial charge in [-0.3, -0.25) is 4.90 Å². The highest BCUT2D eigenvalue weighted by atomic mass is 32.2. The molecule has 9 heteroatoms. The van der Waals surface area contributed by atoms with Crippen molar-refractivity contribution in [3.05, 3.63) is 18.3 Å². The topological polar surface area (TPSA) is 89.0 Å². The average molecular weight is 454 g/mol. The fraction of sp³-hybridized carbons (Fsp3) is 0.727. The first-order valence-electron chi connectivity index (χ1n) is 11.0. The van der Waals surface area contributed by atoms with Crippen LogP contribution in [0.1, 0.15) is 46.5 Å². The van der Waals surface area contributed by atoms with Crippen molar-refractivity contribution in [2.24, 2.45) is 5.92 Å². The summed E-state index contributed by atoms with van der Waals surface area (Å²) in [6, 6.07) is 3.52. The lowest BCUT2D eigenvalue weighted by Gasteiger charge is -2.42. The SMILES string of the molecule is CC(C)(C)OC(=O)N1CCN(C2CCC(COc3cc(S(C)(=O)=O)ccn3)CC2)CC1. The number of pyridine rings is 1. The van der Waals surface area contributed by atoms with Gasteiger partial charge in [0.2, 0.25) is 5.88 Å². The predicted molar refractivity (Wildman–Crippen MR) is 118 cm³/mol. The lowest BCUT2D eigenvalue weighted by atomic mass is 9.85. The van der Waals surface area contributed by atoms with Crippen molar-refractivity contribution in [3.63, 3.8) is 0 Å². The van der Waals surface area contributed by atoms with Crippen molar-refractivity contribution >= 4 is 15.9 Å². The maximum absolute atomic E-state index is 12.2. The van der Waals surface area contributed by atoms with Crippen LogP contribution in [0.15, 0.2) is 23.2 Å². The molecule has 1 saturated carbocycles. The Balaban J connectivity index is 1.40. The molecule has 1 aromatic heterocycles. The van der Waals surface area contributed by atoms with Crippen LogP contribution in [-0.2, 0) is 14.6 Å². The van der Waals surface area contributed by atoms with E-state index in [0.717, 1.165) is 38.8 Å². The molecule has 0 N–H and O–H groups in total. The van der Waals surface area contributed by atoms with E-state index in [0.29, 0.717) is 37.5 Å². The summed E-state index contributed by atoms with van der Waals surface area (Å²) >= 11 is 0. The van der Waals surface area contributed by atoms with Gasteiger partial charge in [-0.05, 0) is 58.4 Å². The molecule has 3 rings (SSSR count). The van der Waals surface area contributed by atoms with Crippen LogP contribution in [0.3, 0.4) is 0 Å². The molecule has 1 aliphatic heterocycles. The Morgan fingerprint density at radius 1 is 1.13 bits per heavy atom. The number of sulfone groups is 1. The molecule has 2 heterocycles. The first-order chi connectivity index (χ1) is 14.5. The fourth-order valence-corrected chi connectivity index (χ4v) is 4.80. The molecule has 1 aromatic rings. The third-order valence-corrected chi connectivity index (χ3v) is 7.01. The lowest BCUT2D eigenvalue weighted by molar-refractivity contribution is 0.00650. The highest BCUT2D eigenvalue weighted by Gasteiger charge is 2.31. The second-order valence-electron chi connectivity index (χ2n) is 9.59. The van der Waals surface area contributed by atoms with E-state index >= 15 is 0 Å². The van der Waals surface area contributed by atoms with Gasteiger partial charge in [0, 0.05) is 50.7 Å². The summed E-state index contributed by atoms with van der Waals surface area (Å²) in [6.07, 6.45) is 6.79. The summed E-state index contributed by atoms with van der Waals surface area (Å²) in [5.74, 6) is 0.811. The molecule has 2 fully saturated rings. The lowest BCUT2D eigenvalue weighted by Crippen LogP contribution is -2.53. The molecule has 0 atom stereocenters. The van der Waals surface area contributed by atoms with Crippen LogP contribution >= 0.6 is 0 Å². The largest absolute Gasteiger partial charge is 0.477 e. The molecular weight excluding hydrogens is 418 g/mol. The van der Waals surface area contributed by atoms with E-state index in [-0.39, 0.29) is 11.0 Å². The molecule has 0 unspecified atom stereocenters. The number of carbonyl (C=O) groups is 1. The summed E-state index contributed by atoms with van der Waals surface area (Å²) in [4.78, 5) is 20.9. The number of nitrogens with zero attached hydrogens (tertiary/aromatic N) is 3. The third kappa shape index (κ3) is 7.07. The van der Waals surface area contributed by atoms with Crippen LogP contribution in [0.4, 0.5) is 4.79 Å². The van der Waals surface area contributed by atoms with Gasteiger partial charge in [-0.15, -0.1) is 0 Å². The number of rotatable bonds is 5. The molecule has 1 aliphatic carbocycles. The minimum atomic E-state index is -3.26. The van der Waals surface area contributed by atoms with Gasteiger partial charge in [0.15, 0.2) is 9.84 Å². The van der Waals surface area contributed by atoms with Gasteiger partial charge >= 0.3 is 6.09 Å². The molecule has 8 nitrogen and oxygen atoms in total. The summed E-state index contributed by atoms with van der Waals surface area (Å²) in [7, 11) is -3.26. The van der Waals surface area contributed by atoms with E-state index in [1.165, 1.54) is 24.6 Å². The standard InChI is InChI=1S/C22H35N3O5S/c1-22(2,3)30-21(26)25-13-11-24(12-14-25)18-7-5-17(6-8-18)16-29-20-15-19(9-10-23-20)31(4,27)28/h9-10,15,17-18H,5-8,11-14,16H2,1-4H3. The highest BCUT2D eigenvalue weighted by Crippen LogP contribution is 2.29. The Labute approximate surface area is 185 Å². The molecular formula is C22H35N3O5S. The predicted octanol–water partition coefficient (Wildman–Crippen LogP) is 2.98. The van der Waals surface area contributed by atoms with Crippen LogP contribution < -0.4 is 4.74 Å². The fourth-order valence-electron chi connectivity index (χ4n) is 4.18. The van der Waals surface area contributed by atoms with Gasteiger partial charge in [-0.2, -0.15) is 0 Å². The van der Waals surface area contributed by atoms with Gasteiger partial charge in [-0.1, -0.05) is 0 Å². The number of ether oxygens (including phenoxy) is 2. The highest BCUT2D eigenvalue weighted by molar-refractivity contribution is 7.90. The van der Waals surface area contributed by atoms with Crippen molar-refractivity contribution in [2.75, 3.05) is 39.0 Å². The van der Waals surface area contributed by atoms with Gasteiger partial charge in [0.1, 0.15) is 5.60 Å². The summed E-state index contributed by atoms with van der Waals surface area (Å²) in [5.41, 5.74) is -0.462. The Morgan fingerprint density at radius 3 is 2.35 bits per heavy atom. The van der Waals surface area contributed by atoms with Crippen LogP contribution in [0.2, 0.25) is 0 Å². The number of amides is 1. The van der Waals surface area contributed by atoms with Crippen molar-refractivity contribution in [2.45, 2.75) is 63.0 Å². The molecule has 0 spiro atoms. The van der Waals surface area contributed by atoms with Crippen LogP contribution in [0, 0.1) is 5.92 Å². The van der Waals surface area contributed by atoms with Crippen molar-refractivity contribution < 1.29 is 22.7 Å². The molecule has 2 aliphatic rings. The monoisotopic (exact) mass is 453 g/mol. The summed E-state index contributed by atoms with van der Waals surface area (Å²) in [5, 5.41) is 0. The quantitative estimate of drug-likeness (QED) is 0.677. The van der Waals surface area contributed by atoms with Gasteiger partial charge in [0.25, 0.3) is 0 Å². The zero-order valence-electron chi connectivity index (χ0n) is 19.0. The molecule has 1 amide bonds. The zero-order chi connectivity index (χ0) is 22.6. The third-order valence-electron chi connectivity index (χ3n) is 5.90. The zero-order valence-corrected chi connectivity index (χ0v) is 19.9. The summed E-state index contributed by atoms with van der Waals surface area (Å²) < 4.78 is 34.6. The smallest absolute Gasteiger partial charge is 0.410 e. The first-order valence-corrected chi connectivity index (χ1v) is 12.9. The molecule has 0 bridgehead atoms. The average Bonchev–Trinajstić information content (AvgIpc) is 2.71.